The van der Waals surface area contributed by atoms with Crippen LogP contribution >= 0.6 is 0 Å². The van der Waals surface area contributed by atoms with Crippen molar-refractivity contribution < 1.29 is 14.3 Å². The molecule has 0 fully saturated rings. The van der Waals surface area contributed by atoms with Gasteiger partial charge in [0.2, 0.25) is 0 Å². The molecule has 126 valence electrons. The number of hydrogen-bond acceptors (Lipinski definition) is 4. The standard InChI is InChI=1S/C19H22N2O3/c1-14(2)13-24-18-8-4-15(5-9-18)12-20-21-19(22)16-6-10-17(23-3)11-7-16/h4-12,14H,13H2,1-3H3,(H,21,22). The Kier molecular flexibility index (Phi) is 6.37. The Balaban J connectivity index is 1.87. The molecule has 24 heavy (non-hydrogen) atoms. The van der Waals surface area contributed by atoms with Gasteiger partial charge in [-0.1, -0.05) is 13.8 Å². The maximum atomic E-state index is 12.0. The van der Waals surface area contributed by atoms with Crippen LogP contribution in [0.2, 0.25) is 0 Å². The zero-order valence-corrected chi connectivity index (χ0v) is 14.2. The zero-order valence-electron chi connectivity index (χ0n) is 14.2. The monoisotopic (exact) mass is 326 g/mol. The van der Waals surface area contributed by atoms with Gasteiger partial charge >= 0.3 is 0 Å². The van der Waals surface area contributed by atoms with Crippen molar-refractivity contribution in [3.8, 4) is 11.5 Å². The van der Waals surface area contributed by atoms with Crippen LogP contribution in [0.3, 0.4) is 0 Å². The summed E-state index contributed by atoms with van der Waals surface area (Å²) in [5.41, 5.74) is 3.89. The van der Waals surface area contributed by atoms with E-state index in [1.165, 1.54) is 0 Å². The lowest BCUT2D eigenvalue weighted by atomic mass is 10.2. The minimum Gasteiger partial charge on any atom is -0.497 e. The first-order chi connectivity index (χ1) is 11.6. The third kappa shape index (κ3) is 5.43. The highest BCUT2D eigenvalue weighted by molar-refractivity contribution is 5.95. The number of hydrazone groups is 1. The number of rotatable bonds is 7. The Morgan fingerprint density at radius 2 is 1.71 bits per heavy atom. The number of carbonyl (C=O) groups excluding carboxylic acids is 1. The Hall–Kier alpha value is -2.82. The molecular formula is C19H22N2O3. The first kappa shape index (κ1) is 17.5. The van der Waals surface area contributed by atoms with Crippen molar-refractivity contribution in [1.29, 1.82) is 0 Å². The number of methoxy groups -OCH3 is 1. The van der Waals surface area contributed by atoms with E-state index < -0.39 is 0 Å². The molecule has 0 saturated heterocycles. The van der Waals surface area contributed by atoms with Crippen molar-refractivity contribution in [2.24, 2.45) is 11.0 Å². The van der Waals surface area contributed by atoms with Gasteiger partial charge in [-0.3, -0.25) is 4.79 Å². The van der Waals surface area contributed by atoms with E-state index in [0.717, 1.165) is 11.3 Å². The van der Waals surface area contributed by atoms with Gasteiger partial charge in [0.15, 0.2) is 0 Å². The first-order valence-corrected chi connectivity index (χ1v) is 7.79. The van der Waals surface area contributed by atoms with Gasteiger partial charge in [-0.05, 0) is 60.0 Å². The fourth-order valence-electron chi connectivity index (χ4n) is 1.89. The molecule has 0 aliphatic heterocycles. The van der Waals surface area contributed by atoms with E-state index in [0.29, 0.717) is 23.8 Å². The SMILES string of the molecule is COc1ccc(C(=O)NN=Cc2ccc(OCC(C)C)cc2)cc1. The molecule has 5 heteroatoms. The number of hydrogen-bond donors (Lipinski definition) is 1. The van der Waals surface area contributed by atoms with E-state index in [1.807, 2.05) is 24.3 Å². The van der Waals surface area contributed by atoms with Crippen molar-refractivity contribution in [1.82, 2.24) is 5.43 Å². The molecule has 1 N–H and O–H groups in total. The number of nitrogens with one attached hydrogen (secondary N) is 1. The average molecular weight is 326 g/mol. The molecule has 0 atom stereocenters. The summed E-state index contributed by atoms with van der Waals surface area (Å²) >= 11 is 0. The lowest BCUT2D eigenvalue weighted by Crippen LogP contribution is -2.17. The van der Waals surface area contributed by atoms with E-state index in [2.05, 4.69) is 24.4 Å². The van der Waals surface area contributed by atoms with E-state index >= 15 is 0 Å². The molecule has 1 amide bonds. The third-order valence-electron chi connectivity index (χ3n) is 3.20. The third-order valence-corrected chi connectivity index (χ3v) is 3.20. The Bertz CT molecular complexity index is 677. The molecule has 2 aromatic rings. The van der Waals surface area contributed by atoms with E-state index in [4.69, 9.17) is 9.47 Å². The van der Waals surface area contributed by atoms with Crippen LogP contribution in [0.1, 0.15) is 29.8 Å². The Morgan fingerprint density at radius 1 is 1.08 bits per heavy atom. The van der Waals surface area contributed by atoms with Gasteiger partial charge in [0.25, 0.3) is 5.91 Å². The van der Waals surface area contributed by atoms with Gasteiger partial charge in [-0.25, -0.2) is 5.43 Å². The van der Waals surface area contributed by atoms with Crippen LogP contribution in [-0.4, -0.2) is 25.8 Å². The van der Waals surface area contributed by atoms with Crippen molar-refractivity contribution in [2.45, 2.75) is 13.8 Å². The van der Waals surface area contributed by atoms with Crippen molar-refractivity contribution in [3.63, 3.8) is 0 Å². The van der Waals surface area contributed by atoms with E-state index in [9.17, 15) is 4.79 Å². The zero-order chi connectivity index (χ0) is 17.4. The summed E-state index contributed by atoms with van der Waals surface area (Å²) < 4.78 is 10.7. The molecule has 0 aliphatic carbocycles. The molecule has 0 spiro atoms. The normalized spacial score (nSPS) is 10.8. The summed E-state index contributed by atoms with van der Waals surface area (Å²) in [4.78, 5) is 12.0. The second kappa shape index (κ2) is 8.72. The molecule has 2 rings (SSSR count). The fraction of sp³-hybridized carbons (Fsp3) is 0.263. The van der Waals surface area contributed by atoms with E-state index in [1.54, 1.807) is 37.6 Å². The molecule has 0 aromatic heterocycles. The van der Waals surface area contributed by atoms with E-state index in [-0.39, 0.29) is 5.91 Å². The summed E-state index contributed by atoms with van der Waals surface area (Å²) in [7, 11) is 1.58. The molecule has 0 radical (unpaired) electrons. The van der Waals surface area contributed by atoms with Gasteiger partial charge in [0, 0.05) is 5.56 Å². The summed E-state index contributed by atoms with van der Waals surface area (Å²) in [6.07, 6.45) is 1.59. The molecule has 0 heterocycles. The van der Waals surface area contributed by atoms with Crippen molar-refractivity contribution in [2.75, 3.05) is 13.7 Å². The Labute approximate surface area is 142 Å². The predicted molar refractivity (Wildman–Crippen MR) is 94.8 cm³/mol. The minimum atomic E-state index is -0.272. The van der Waals surface area contributed by atoms with Gasteiger partial charge in [-0.2, -0.15) is 5.10 Å². The van der Waals surface area contributed by atoms with Gasteiger partial charge in [-0.15, -0.1) is 0 Å². The number of amides is 1. The summed E-state index contributed by atoms with van der Waals surface area (Å²) in [5, 5.41) is 3.97. The molecule has 0 bridgehead atoms. The summed E-state index contributed by atoms with van der Waals surface area (Å²) in [5.74, 6) is 1.74. The molecule has 5 nitrogen and oxygen atoms in total. The number of carbonyl (C=O) groups is 1. The number of ether oxygens (including phenoxy) is 2. The first-order valence-electron chi connectivity index (χ1n) is 7.79. The van der Waals surface area contributed by atoms with Gasteiger partial charge < -0.3 is 9.47 Å². The summed E-state index contributed by atoms with van der Waals surface area (Å²) in [6.45, 7) is 4.89. The smallest absolute Gasteiger partial charge is 0.271 e. The second-order valence-electron chi connectivity index (χ2n) is 5.70. The molecule has 0 aliphatic rings. The summed E-state index contributed by atoms with van der Waals surface area (Å²) in [6, 6.07) is 14.4. The lowest BCUT2D eigenvalue weighted by Gasteiger charge is -2.08. The molecule has 2 aromatic carbocycles. The van der Waals surface area contributed by atoms with Gasteiger partial charge in [0.05, 0.1) is 19.9 Å². The molecule has 0 saturated carbocycles. The van der Waals surface area contributed by atoms with Crippen LogP contribution in [0.4, 0.5) is 0 Å². The number of nitrogens with zero attached hydrogens (tertiary/aromatic N) is 1. The fourth-order valence-corrected chi connectivity index (χ4v) is 1.89. The maximum absolute atomic E-state index is 12.0. The minimum absolute atomic E-state index is 0.272. The largest absolute Gasteiger partial charge is 0.497 e. The van der Waals surface area contributed by atoms with Gasteiger partial charge in [0.1, 0.15) is 11.5 Å². The topological polar surface area (TPSA) is 59.9 Å². The lowest BCUT2D eigenvalue weighted by molar-refractivity contribution is 0.0955. The highest BCUT2D eigenvalue weighted by atomic mass is 16.5. The highest BCUT2D eigenvalue weighted by Gasteiger charge is 2.03. The predicted octanol–water partition coefficient (Wildman–Crippen LogP) is 3.49. The van der Waals surface area contributed by atoms with Crippen LogP contribution in [-0.2, 0) is 0 Å². The van der Waals surface area contributed by atoms with Crippen LogP contribution in [0.15, 0.2) is 53.6 Å². The Morgan fingerprint density at radius 3 is 2.29 bits per heavy atom. The number of benzene rings is 2. The molecule has 0 unspecified atom stereocenters. The van der Waals surface area contributed by atoms with Crippen LogP contribution in [0.5, 0.6) is 11.5 Å². The quantitative estimate of drug-likeness (QED) is 0.626. The maximum Gasteiger partial charge on any atom is 0.271 e. The van der Waals surface area contributed by atoms with Crippen LogP contribution < -0.4 is 14.9 Å². The highest BCUT2D eigenvalue weighted by Crippen LogP contribution is 2.13. The van der Waals surface area contributed by atoms with Crippen LogP contribution in [0.25, 0.3) is 0 Å². The molecular weight excluding hydrogens is 304 g/mol. The second-order valence-corrected chi connectivity index (χ2v) is 5.70. The van der Waals surface area contributed by atoms with Crippen LogP contribution in [0, 0.1) is 5.92 Å². The van der Waals surface area contributed by atoms with Crippen molar-refractivity contribution in [3.05, 3.63) is 59.7 Å². The average Bonchev–Trinajstić information content (AvgIpc) is 2.61. The van der Waals surface area contributed by atoms with Crippen molar-refractivity contribution >= 4 is 12.1 Å².